The number of piperidine rings is 1. The van der Waals surface area contributed by atoms with Crippen molar-refractivity contribution in [2.24, 2.45) is 11.8 Å². The molecule has 12 heteroatoms. The van der Waals surface area contributed by atoms with E-state index < -0.39 is 27.9 Å². The molecular formula is C32H38N4O6S2. The Morgan fingerprint density at radius 1 is 0.977 bits per heavy atom. The number of ether oxygens (including phenoxy) is 1. The van der Waals surface area contributed by atoms with Crippen LogP contribution in [0.2, 0.25) is 0 Å². The first-order valence-corrected chi connectivity index (χ1v) is 17.1. The van der Waals surface area contributed by atoms with Crippen LogP contribution in [0.4, 0.5) is 9.80 Å². The maximum atomic E-state index is 13.4. The number of hydrogen-bond acceptors (Lipinski definition) is 8. The second kappa shape index (κ2) is 13.6. The molecule has 234 valence electrons. The highest BCUT2D eigenvalue weighted by Gasteiger charge is 2.33. The molecule has 44 heavy (non-hydrogen) atoms. The summed E-state index contributed by atoms with van der Waals surface area (Å²) in [5.74, 6) is -0.579. The molecule has 2 aromatic carbocycles. The molecule has 3 heterocycles. The van der Waals surface area contributed by atoms with Gasteiger partial charge in [-0.15, -0.1) is 11.3 Å². The van der Waals surface area contributed by atoms with Gasteiger partial charge >= 0.3 is 6.09 Å². The van der Waals surface area contributed by atoms with Crippen LogP contribution in [0.25, 0.3) is 0 Å². The van der Waals surface area contributed by atoms with Crippen molar-refractivity contribution in [2.75, 3.05) is 31.6 Å². The molecule has 1 fully saturated rings. The van der Waals surface area contributed by atoms with Crippen LogP contribution in [-0.2, 0) is 34.3 Å². The van der Waals surface area contributed by atoms with E-state index in [1.807, 2.05) is 18.2 Å². The van der Waals surface area contributed by atoms with Crippen LogP contribution >= 0.6 is 11.3 Å². The lowest BCUT2D eigenvalue weighted by Crippen LogP contribution is -2.42. The molecule has 0 radical (unpaired) electrons. The Kier molecular flexibility index (Phi) is 9.84. The van der Waals surface area contributed by atoms with Crippen molar-refractivity contribution in [3.05, 3.63) is 81.7 Å². The van der Waals surface area contributed by atoms with Crippen LogP contribution in [0, 0.1) is 11.8 Å². The summed E-state index contributed by atoms with van der Waals surface area (Å²) in [5.41, 5.74) is 2.47. The highest BCUT2D eigenvalue weighted by molar-refractivity contribution is 7.89. The third-order valence-electron chi connectivity index (χ3n) is 7.92. The summed E-state index contributed by atoms with van der Waals surface area (Å²) in [4.78, 5) is 42.1. The lowest BCUT2D eigenvalue weighted by molar-refractivity contribution is 0.0924. The zero-order chi connectivity index (χ0) is 31.4. The number of benzene rings is 2. The van der Waals surface area contributed by atoms with Gasteiger partial charge in [-0.1, -0.05) is 44.2 Å². The molecule has 2 N–H and O–H groups in total. The number of carbonyl (C=O) groups is 3. The third-order valence-corrected chi connectivity index (χ3v) is 10.9. The number of thiophene rings is 1. The van der Waals surface area contributed by atoms with Crippen molar-refractivity contribution in [1.29, 1.82) is 0 Å². The molecular weight excluding hydrogens is 601 g/mol. The summed E-state index contributed by atoms with van der Waals surface area (Å²) in [6.45, 7) is 8.84. The highest BCUT2D eigenvalue weighted by atomic mass is 32.2. The summed E-state index contributed by atoms with van der Waals surface area (Å²) in [6.07, 6.45) is 0.702. The maximum Gasteiger partial charge on any atom is 0.414 e. The fourth-order valence-corrected chi connectivity index (χ4v) is 8.95. The first-order valence-electron chi connectivity index (χ1n) is 14.9. The van der Waals surface area contributed by atoms with Crippen LogP contribution < -0.4 is 10.6 Å². The van der Waals surface area contributed by atoms with E-state index >= 15 is 0 Å². The normalized spacial score (nSPS) is 19.2. The number of sulfonamides is 1. The highest BCUT2D eigenvalue weighted by Crippen LogP contribution is 2.38. The molecule has 1 saturated heterocycles. The average molecular weight is 639 g/mol. The van der Waals surface area contributed by atoms with E-state index in [1.165, 1.54) is 45.5 Å². The van der Waals surface area contributed by atoms with Gasteiger partial charge in [-0.3, -0.25) is 19.8 Å². The minimum absolute atomic E-state index is 0.112. The van der Waals surface area contributed by atoms with E-state index in [4.69, 9.17) is 4.74 Å². The van der Waals surface area contributed by atoms with Crippen molar-refractivity contribution >= 4 is 44.3 Å². The minimum Gasteiger partial charge on any atom is -0.450 e. The summed E-state index contributed by atoms with van der Waals surface area (Å²) >= 11 is 1.31. The average Bonchev–Trinajstić information content (AvgIpc) is 3.34. The van der Waals surface area contributed by atoms with E-state index in [1.54, 1.807) is 6.92 Å². The number of anilines is 1. The van der Waals surface area contributed by atoms with Gasteiger partial charge in [0.1, 0.15) is 5.00 Å². The van der Waals surface area contributed by atoms with Gasteiger partial charge in [0.25, 0.3) is 11.8 Å². The van der Waals surface area contributed by atoms with Gasteiger partial charge in [0.2, 0.25) is 10.0 Å². The summed E-state index contributed by atoms with van der Waals surface area (Å²) in [5, 5.41) is 5.46. The molecule has 0 bridgehead atoms. The maximum absolute atomic E-state index is 13.4. The van der Waals surface area contributed by atoms with E-state index in [2.05, 4.69) is 41.5 Å². The van der Waals surface area contributed by atoms with Gasteiger partial charge in [0.15, 0.2) is 0 Å². The van der Waals surface area contributed by atoms with Gasteiger partial charge in [0, 0.05) is 43.2 Å². The molecule has 0 aliphatic carbocycles. The first kappa shape index (κ1) is 31.8. The molecule has 0 saturated carbocycles. The van der Waals surface area contributed by atoms with Crippen molar-refractivity contribution in [2.45, 2.75) is 51.6 Å². The fourth-order valence-electron chi connectivity index (χ4n) is 5.99. The Hall–Kier alpha value is -3.58. The quantitative estimate of drug-likeness (QED) is 0.351. The van der Waals surface area contributed by atoms with Crippen molar-refractivity contribution in [3.8, 4) is 0 Å². The Morgan fingerprint density at radius 3 is 2.32 bits per heavy atom. The summed E-state index contributed by atoms with van der Waals surface area (Å²) in [6, 6.07) is 16.0. The fraction of sp³-hybridized carbons (Fsp3) is 0.406. The summed E-state index contributed by atoms with van der Waals surface area (Å²) < 4.78 is 33.0. The van der Waals surface area contributed by atoms with Gasteiger partial charge < -0.3 is 10.1 Å². The van der Waals surface area contributed by atoms with Gasteiger partial charge in [0.05, 0.1) is 17.1 Å². The van der Waals surface area contributed by atoms with Gasteiger partial charge in [-0.05, 0) is 67.0 Å². The van der Waals surface area contributed by atoms with Crippen LogP contribution in [0.5, 0.6) is 0 Å². The number of nitrogens with one attached hydrogen (secondary N) is 2. The molecule has 1 aromatic heterocycles. The summed E-state index contributed by atoms with van der Waals surface area (Å²) in [7, 11) is -3.69. The van der Waals surface area contributed by atoms with Gasteiger partial charge in [-0.25, -0.2) is 13.2 Å². The number of alkyl carbamates (subject to hydrolysis) is 1. The van der Waals surface area contributed by atoms with Crippen molar-refractivity contribution in [3.63, 3.8) is 0 Å². The predicted molar refractivity (Wildman–Crippen MR) is 169 cm³/mol. The first-order chi connectivity index (χ1) is 21.0. The van der Waals surface area contributed by atoms with Crippen LogP contribution in [0.15, 0.2) is 59.5 Å². The zero-order valence-corrected chi connectivity index (χ0v) is 26.8. The molecule has 2 aliphatic rings. The van der Waals surface area contributed by atoms with Crippen LogP contribution in [0.3, 0.4) is 0 Å². The Labute approximate surface area is 262 Å². The van der Waals surface area contributed by atoms with Crippen molar-refractivity contribution < 1.29 is 27.5 Å². The number of amides is 3. The van der Waals surface area contributed by atoms with E-state index in [9.17, 15) is 22.8 Å². The molecule has 10 nitrogen and oxygen atoms in total. The molecule has 2 aliphatic heterocycles. The lowest BCUT2D eigenvalue weighted by atomic mass is 9.94. The molecule has 2 unspecified atom stereocenters. The van der Waals surface area contributed by atoms with E-state index in [0.29, 0.717) is 37.6 Å². The number of carbonyl (C=O) groups excluding carboxylic acids is 3. The zero-order valence-electron chi connectivity index (χ0n) is 25.2. The van der Waals surface area contributed by atoms with E-state index in [-0.39, 0.29) is 34.5 Å². The number of imide groups is 1. The Bertz CT molecular complexity index is 1610. The largest absolute Gasteiger partial charge is 0.450 e. The lowest BCUT2D eigenvalue weighted by Gasteiger charge is -2.34. The smallest absolute Gasteiger partial charge is 0.414 e. The minimum atomic E-state index is -3.69. The number of fused-ring (bicyclic) bond motifs is 1. The molecule has 0 spiro atoms. The van der Waals surface area contributed by atoms with Crippen LogP contribution in [0.1, 0.15) is 63.9 Å². The monoisotopic (exact) mass is 638 g/mol. The predicted octanol–water partition coefficient (Wildman–Crippen LogP) is 5.11. The molecule has 3 amide bonds. The molecule has 2 atom stereocenters. The topological polar surface area (TPSA) is 125 Å². The number of hydrogen-bond donors (Lipinski definition) is 2. The van der Waals surface area contributed by atoms with Crippen LogP contribution in [-0.4, -0.2) is 61.8 Å². The Morgan fingerprint density at radius 2 is 1.66 bits per heavy atom. The third kappa shape index (κ3) is 7.20. The number of nitrogens with zero attached hydrogens (tertiary/aromatic N) is 2. The SMILES string of the molecule is CCOC(=O)NC(=O)c1c(NC(=O)c2ccc(S(=O)(=O)N3CC(C)CC(C)C3)cc2)sc2c1CCN(Cc1ccccc1)C2. The second-order valence-corrected chi connectivity index (χ2v) is 14.6. The van der Waals surface area contributed by atoms with Crippen molar-refractivity contribution in [1.82, 2.24) is 14.5 Å². The standard InChI is InChI=1S/C32H38N4O6S2/c1-4-42-32(39)34-30(38)28-26-14-15-35(19-23-8-6-5-7-9-23)20-27(26)43-31(28)33-29(37)24-10-12-25(13-11-24)44(40,41)36-17-21(2)16-22(3)18-36/h5-13,21-22H,4,14-20H2,1-3H3,(H,33,37)(H,34,38,39). The second-order valence-electron chi connectivity index (χ2n) is 11.6. The Balaban J connectivity index is 1.36. The number of rotatable bonds is 8. The molecule has 5 rings (SSSR count). The molecule has 3 aromatic rings. The van der Waals surface area contributed by atoms with E-state index in [0.717, 1.165) is 23.4 Å². The van der Waals surface area contributed by atoms with Gasteiger partial charge in [-0.2, -0.15) is 4.31 Å².